The van der Waals surface area contributed by atoms with Gasteiger partial charge in [-0.2, -0.15) is 0 Å². The van der Waals surface area contributed by atoms with Crippen molar-refractivity contribution in [2.75, 3.05) is 7.11 Å². The first-order chi connectivity index (χ1) is 18.5. The lowest BCUT2D eigenvalue weighted by Crippen LogP contribution is -2.32. The first-order valence-corrected chi connectivity index (χ1v) is 12.5. The number of nitrogens with one attached hydrogen (secondary N) is 1. The minimum Gasteiger partial charge on any atom is -0.497 e. The lowest BCUT2D eigenvalue weighted by Gasteiger charge is -2.31. The van der Waals surface area contributed by atoms with Crippen LogP contribution in [0.2, 0.25) is 0 Å². The van der Waals surface area contributed by atoms with Gasteiger partial charge in [0, 0.05) is 29.6 Å². The van der Waals surface area contributed by atoms with Gasteiger partial charge in [0.2, 0.25) is 0 Å². The highest BCUT2D eigenvalue weighted by Gasteiger charge is 2.27. The normalized spacial score (nSPS) is 12.3. The lowest BCUT2D eigenvalue weighted by atomic mass is 10.1. The van der Waals surface area contributed by atoms with Crippen molar-refractivity contribution in [1.82, 2.24) is 30.1 Å². The van der Waals surface area contributed by atoms with Crippen LogP contribution in [0.1, 0.15) is 48.5 Å². The van der Waals surface area contributed by atoms with Crippen LogP contribution in [-0.4, -0.2) is 37.2 Å². The van der Waals surface area contributed by atoms with Gasteiger partial charge in [0.25, 0.3) is 5.56 Å². The summed E-state index contributed by atoms with van der Waals surface area (Å²) in [5.41, 5.74) is 2.07. The minimum atomic E-state index is -0.298. The highest BCUT2D eigenvalue weighted by atomic mass is 19.1. The van der Waals surface area contributed by atoms with Crippen LogP contribution in [0.5, 0.6) is 5.75 Å². The van der Waals surface area contributed by atoms with Crippen molar-refractivity contribution in [3.05, 3.63) is 106 Å². The number of fused-ring (bicyclic) bond motifs is 1. The van der Waals surface area contributed by atoms with Crippen molar-refractivity contribution in [3.63, 3.8) is 0 Å². The second-order valence-corrected chi connectivity index (χ2v) is 9.19. The molecule has 1 N–H and O–H groups in total. The van der Waals surface area contributed by atoms with Gasteiger partial charge in [0.15, 0.2) is 5.82 Å². The highest BCUT2D eigenvalue weighted by molar-refractivity contribution is 5.80. The monoisotopic (exact) mass is 516 g/mol. The van der Waals surface area contributed by atoms with Crippen LogP contribution < -0.4 is 10.3 Å². The number of tetrazole rings is 1. The molecule has 0 aliphatic carbocycles. The predicted octanol–water partition coefficient (Wildman–Crippen LogP) is 4.85. The molecular formula is C28H29FN6O3. The highest BCUT2D eigenvalue weighted by Crippen LogP contribution is 2.29. The van der Waals surface area contributed by atoms with Crippen LogP contribution in [0.25, 0.3) is 10.9 Å². The number of H-pyrrole nitrogens is 1. The number of aromatic nitrogens is 5. The zero-order valence-electron chi connectivity index (χ0n) is 21.3. The molecule has 1 atom stereocenters. The van der Waals surface area contributed by atoms with E-state index in [1.54, 1.807) is 30.2 Å². The molecule has 0 aliphatic rings. The Balaban J connectivity index is 1.54. The average Bonchev–Trinajstić information content (AvgIpc) is 3.61. The van der Waals surface area contributed by atoms with Crippen molar-refractivity contribution in [3.8, 4) is 5.75 Å². The number of aromatic amines is 1. The van der Waals surface area contributed by atoms with Gasteiger partial charge in [0.05, 0.1) is 19.4 Å². The van der Waals surface area contributed by atoms with Gasteiger partial charge in [0.1, 0.15) is 23.9 Å². The Kier molecular flexibility index (Phi) is 7.60. The first kappa shape index (κ1) is 25.3. The molecule has 0 amide bonds. The molecule has 0 fully saturated rings. The van der Waals surface area contributed by atoms with E-state index in [2.05, 4.69) is 32.3 Å². The molecule has 9 nitrogen and oxygen atoms in total. The largest absolute Gasteiger partial charge is 0.497 e. The Bertz CT molecular complexity index is 1550. The second-order valence-electron chi connectivity index (χ2n) is 9.19. The van der Waals surface area contributed by atoms with Gasteiger partial charge >= 0.3 is 0 Å². The van der Waals surface area contributed by atoms with E-state index in [1.165, 1.54) is 12.1 Å². The fourth-order valence-corrected chi connectivity index (χ4v) is 4.66. The van der Waals surface area contributed by atoms with Crippen molar-refractivity contribution >= 4 is 10.9 Å². The zero-order chi connectivity index (χ0) is 26.5. The van der Waals surface area contributed by atoms with Crippen molar-refractivity contribution in [2.45, 2.75) is 45.4 Å². The van der Waals surface area contributed by atoms with Crippen LogP contribution in [0.3, 0.4) is 0 Å². The molecule has 0 radical (unpaired) electrons. The topological polar surface area (TPSA) is 102 Å². The summed E-state index contributed by atoms with van der Waals surface area (Å²) in [6.07, 6.45) is 3.23. The molecule has 0 aliphatic heterocycles. The number of furan rings is 1. The number of benzene rings is 2. The third-order valence-electron chi connectivity index (χ3n) is 6.55. The summed E-state index contributed by atoms with van der Waals surface area (Å²) in [6, 6.07) is 17.3. The quantitative estimate of drug-likeness (QED) is 0.268. The van der Waals surface area contributed by atoms with E-state index < -0.39 is 0 Å². The number of nitrogens with zero attached hydrogens (tertiary/aromatic N) is 5. The summed E-state index contributed by atoms with van der Waals surface area (Å²) in [7, 11) is 1.61. The van der Waals surface area contributed by atoms with Gasteiger partial charge in [-0.1, -0.05) is 25.5 Å². The summed E-state index contributed by atoms with van der Waals surface area (Å²) in [5.74, 6) is 1.82. The second kappa shape index (κ2) is 11.4. The van der Waals surface area contributed by atoms with Crippen LogP contribution in [-0.2, 0) is 19.6 Å². The third kappa shape index (κ3) is 5.65. The van der Waals surface area contributed by atoms with E-state index in [0.717, 1.165) is 35.1 Å². The summed E-state index contributed by atoms with van der Waals surface area (Å²) in [4.78, 5) is 18.3. The first-order valence-electron chi connectivity index (χ1n) is 12.5. The smallest absolute Gasteiger partial charge is 0.252 e. The molecule has 2 aromatic carbocycles. The van der Waals surface area contributed by atoms with Gasteiger partial charge in [-0.3, -0.25) is 9.69 Å². The summed E-state index contributed by atoms with van der Waals surface area (Å²) >= 11 is 0. The standard InChI is InChI=1S/C28H29FN6O3/c1-3-5-26(27-31-32-33-35(27)18-24-6-4-13-38-24)34(16-19-7-9-22(29)10-8-19)17-21-14-20-15-23(37-2)11-12-25(20)30-28(21)36/h4,6-15,26H,3,5,16-18H2,1-2H3,(H,30,36)/t26-/m1/s1. The molecule has 196 valence electrons. The number of hydrogen-bond acceptors (Lipinski definition) is 7. The summed E-state index contributed by atoms with van der Waals surface area (Å²) in [6.45, 7) is 3.28. The van der Waals surface area contributed by atoms with Crippen LogP contribution in [0.15, 0.2) is 76.1 Å². The number of rotatable bonds is 11. The average molecular weight is 517 g/mol. The van der Waals surface area contributed by atoms with Crippen molar-refractivity contribution < 1.29 is 13.5 Å². The number of pyridine rings is 1. The predicted molar refractivity (Wildman–Crippen MR) is 140 cm³/mol. The fraction of sp³-hybridized carbons (Fsp3) is 0.286. The van der Waals surface area contributed by atoms with Crippen molar-refractivity contribution in [1.29, 1.82) is 0 Å². The zero-order valence-corrected chi connectivity index (χ0v) is 21.3. The van der Waals surface area contributed by atoms with Crippen LogP contribution in [0.4, 0.5) is 4.39 Å². The third-order valence-corrected chi connectivity index (χ3v) is 6.55. The summed E-state index contributed by atoms with van der Waals surface area (Å²) < 4.78 is 26.3. The van der Waals surface area contributed by atoms with E-state index in [4.69, 9.17) is 9.15 Å². The Labute approximate surface area is 218 Å². The molecule has 0 bridgehead atoms. The maximum absolute atomic E-state index is 13.7. The number of ether oxygens (including phenoxy) is 1. The molecule has 38 heavy (non-hydrogen) atoms. The molecule has 5 rings (SSSR count). The fourth-order valence-electron chi connectivity index (χ4n) is 4.66. The molecule has 5 aromatic rings. The number of hydrogen-bond donors (Lipinski definition) is 1. The molecular weight excluding hydrogens is 487 g/mol. The van der Waals surface area contributed by atoms with E-state index in [1.807, 2.05) is 36.4 Å². The number of methoxy groups -OCH3 is 1. The molecule has 0 unspecified atom stereocenters. The minimum absolute atomic E-state index is 0.169. The van der Waals surface area contributed by atoms with Gasteiger partial charge in [-0.05, 0) is 70.9 Å². The molecule has 3 heterocycles. The molecule has 10 heteroatoms. The molecule has 3 aromatic heterocycles. The molecule has 0 saturated carbocycles. The Morgan fingerprint density at radius 3 is 2.71 bits per heavy atom. The van der Waals surface area contributed by atoms with E-state index >= 15 is 0 Å². The van der Waals surface area contributed by atoms with Gasteiger partial charge in [-0.15, -0.1) is 5.10 Å². The SMILES string of the molecule is CCC[C@H](c1nnnn1Cc1ccco1)N(Cc1ccc(F)cc1)Cc1cc2cc(OC)ccc2[nH]c1=O. The Morgan fingerprint density at radius 1 is 1.13 bits per heavy atom. The van der Waals surface area contributed by atoms with Crippen LogP contribution in [0, 0.1) is 5.82 Å². The Hall–Kier alpha value is -4.31. The molecule has 0 spiro atoms. The van der Waals surface area contributed by atoms with E-state index in [0.29, 0.717) is 36.8 Å². The Morgan fingerprint density at radius 2 is 1.97 bits per heavy atom. The van der Waals surface area contributed by atoms with Gasteiger partial charge < -0.3 is 14.1 Å². The maximum Gasteiger partial charge on any atom is 0.252 e. The van der Waals surface area contributed by atoms with E-state index in [9.17, 15) is 9.18 Å². The van der Waals surface area contributed by atoms with Crippen molar-refractivity contribution in [2.24, 2.45) is 0 Å². The lowest BCUT2D eigenvalue weighted by molar-refractivity contribution is 0.155. The maximum atomic E-state index is 13.7. The van der Waals surface area contributed by atoms with Crippen LogP contribution >= 0.6 is 0 Å². The summed E-state index contributed by atoms with van der Waals surface area (Å²) in [5, 5.41) is 13.4. The molecule has 0 saturated heterocycles. The number of halogens is 1. The van der Waals surface area contributed by atoms with E-state index in [-0.39, 0.29) is 17.4 Å². The van der Waals surface area contributed by atoms with Gasteiger partial charge in [-0.25, -0.2) is 9.07 Å².